The van der Waals surface area contributed by atoms with Gasteiger partial charge in [0.1, 0.15) is 0 Å². The lowest BCUT2D eigenvalue weighted by Gasteiger charge is -2.14. The zero-order valence-corrected chi connectivity index (χ0v) is 9.53. The molecule has 6 nitrogen and oxygen atoms in total. The molecular formula is C8H14N2O4S. The lowest BCUT2D eigenvalue weighted by atomic mass is 10.2. The second-order valence-corrected chi connectivity index (χ2v) is 5.73. The van der Waals surface area contributed by atoms with Crippen LogP contribution in [0.3, 0.4) is 0 Å². The summed E-state index contributed by atoms with van der Waals surface area (Å²) < 4.78 is 26.7. The van der Waals surface area contributed by atoms with E-state index in [1.807, 2.05) is 0 Å². The molecule has 86 valence electrons. The third-order valence-corrected chi connectivity index (χ3v) is 3.37. The zero-order chi connectivity index (χ0) is 11.2. The Labute approximate surface area is 88.9 Å². The molecule has 2 atom stereocenters. The molecule has 0 unspecified atom stereocenters. The average Bonchev–Trinajstić information content (AvgIpc) is 2.52. The van der Waals surface area contributed by atoms with Gasteiger partial charge in [-0.25, -0.2) is 4.79 Å². The Morgan fingerprint density at radius 1 is 1.40 bits per heavy atom. The summed E-state index contributed by atoms with van der Waals surface area (Å²) in [5, 5.41) is 0. The Kier molecular flexibility index (Phi) is 2.38. The topological polar surface area (TPSA) is 66.9 Å². The Morgan fingerprint density at radius 2 is 2.07 bits per heavy atom. The summed E-state index contributed by atoms with van der Waals surface area (Å²) in [5.74, 6) is 0. The number of carbonyl (C=O) groups excluding carboxylic acids is 1. The van der Waals surface area contributed by atoms with Gasteiger partial charge in [-0.1, -0.05) is 0 Å². The van der Waals surface area contributed by atoms with Crippen LogP contribution in [0.4, 0.5) is 4.79 Å². The smallest absolute Gasteiger partial charge is 0.320 e. The number of urea groups is 1. The lowest BCUT2D eigenvalue weighted by Crippen LogP contribution is -2.32. The minimum absolute atomic E-state index is 0.0420. The summed E-state index contributed by atoms with van der Waals surface area (Å²) in [5.41, 5.74) is 0. The fourth-order valence-corrected chi connectivity index (χ4v) is 2.85. The number of nitrogens with zero attached hydrogens (tertiary/aromatic N) is 2. The number of hydrogen-bond acceptors (Lipinski definition) is 4. The van der Waals surface area contributed by atoms with Gasteiger partial charge in [-0.2, -0.15) is 8.42 Å². The van der Waals surface area contributed by atoms with Crippen molar-refractivity contribution in [2.75, 3.05) is 26.4 Å². The number of hydrogen-bond donors (Lipinski definition) is 0. The molecular weight excluding hydrogens is 220 g/mol. The maximum absolute atomic E-state index is 11.5. The third-order valence-electron chi connectivity index (χ3n) is 2.74. The van der Waals surface area contributed by atoms with Gasteiger partial charge >= 0.3 is 6.03 Å². The Hall–Kier alpha value is -0.820. The quantitative estimate of drug-likeness (QED) is 0.602. The summed E-state index contributed by atoms with van der Waals surface area (Å²) in [4.78, 5) is 14.9. The van der Waals surface area contributed by atoms with E-state index < -0.39 is 10.1 Å². The highest BCUT2D eigenvalue weighted by molar-refractivity contribution is 7.86. The van der Waals surface area contributed by atoms with E-state index in [1.54, 1.807) is 16.8 Å². The van der Waals surface area contributed by atoms with Crippen molar-refractivity contribution >= 4 is 16.1 Å². The predicted octanol–water partition coefficient (Wildman–Crippen LogP) is -0.529. The second kappa shape index (κ2) is 3.34. The first-order valence-corrected chi connectivity index (χ1v) is 6.58. The van der Waals surface area contributed by atoms with Crippen molar-refractivity contribution in [3.63, 3.8) is 0 Å². The molecule has 2 heterocycles. The number of rotatable bonds is 2. The predicted molar refractivity (Wildman–Crippen MR) is 52.9 cm³/mol. The fraction of sp³-hybridized carbons (Fsp3) is 0.875. The first-order chi connectivity index (χ1) is 6.87. The van der Waals surface area contributed by atoms with Gasteiger partial charge in [0.05, 0.1) is 24.9 Å². The molecule has 0 radical (unpaired) electrons. The van der Waals surface area contributed by atoms with Gasteiger partial charge in [0.25, 0.3) is 10.1 Å². The van der Waals surface area contributed by atoms with Gasteiger partial charge in [-0.05, 0) is 6.42 Å². The van der Waals surface area contributed by atoms with Crippen LogP contribution in [0.2, 0.25) is 0 Å². The van der Waals surface area contributed by atoms with Gasteiger partial charge in [0.2, 0.25) is 0 Å². The maximum Gasteiger partial charge on any atom is 0.320 e. The highest BCUT2D eigenvalue weighted by Crippen LogP contribution is 2.27. The minimum Gasteiger partial charge on any atom is -0.326 e. The number of carbonyl (C=O) groups is 1. The first-order valence-electron chi connectivity index (χ1n) is 4.77. The lowest BCUT2D eigenvalue weighted by molar-refractivity contribution is 0.181. The SMILES string of the molecule is CN1C[C@@H]2C[C@@H](OS(C)(=O)=O)CN2C1=O. The molecule has 15 heavy (non-hydrogen) atoms. The van der Waals surface area contributed by atoms with Crippen molar-refractivity contribution in [1.82, 2.24) is 9.80 Å². The molecule has 2 aliphatic rings. The molecule has 2 rings (SSSR count). The minimum atomic E-state index is -3.42. The standard InChI is InChI=1S/C8H14N2O4S/c1-9-4-6-3-7(14-15(2,12)13)5-10(6)8(9)11/h6-7H,3-5H2,1-2H3/t6-,7+/m0/s1. The molecule has 2 saturated heterocycles. The van der Waals surface area contributed by atoms with Crippen molar-refractivity contribution in [2.45, 2.75) is 18.6 Å². The molecule has 2 aliphatic heterocycles. The van der Waals surface area contributed by atoms with Crippen molar-refractivity contribution in [2.24, 2.45) is 0 Å². The van der Waals surface area contributed by atoms with Crippen LogP contribution in [0.15, 0.2) is 0 Å². The van der Waals surface area contributed by atoms with Crippen LogP contribution in [0, 0.1) is 0 Å². The van der Waals surface area contributed by atoms with Gasteiger partial charge in [-0.15, -0.1) is 0 Å². The summed E-state index contributed by atoms with van der Waals surface area (Å²) in [6, 6.07) is 0.0638. The van der Waals surface area contributed by atoms with E-state index in [4.69, 9.17) is 4.18 Å². The molecule has 0 spiro atoms. The monoisotopic (exact) mass is 234 g/mol. The third kappa shape index (κ3) is 2.07. The summed E-state index contributed by atoms with van der Waals surface area (Å²) in [6.45, 7) is 1.03. The fourth-order valence-electron chi connectivity index (χ4n) is 2.21. The van der Waals surface area contributed by atoms with Gasteiger partial charge in [0.15, 0.2) is 0 Å². The molecule has 0 aromatic heterocycles. The van der Waals surface area contributed by atoms with E-state index in [2.05, 4.69) is 0 Å². The van der Waals surface area contributed by atoms with E-state index in [1.165, 1.54) is 0 Å². The van der Waals surface area contributed by atoms with Crippen molar-refractivity contribution in [3.05, 3.63) is 0 Å². The van der Waals surface area contributed by atoms with E-state index in [-0.39, 0.29) is 18.2 Å². The highest BCUT2D eigenvalue weighted by Gasteiger charge is 2.43. The van der Waals surface area contributed by atoms with E-state index >= 15 is 0 Å². The number of likely N-dealkylation sites (N-methyl/N-ethyl adjacent to an activating group) is 1. The van der Waals surface area contributed by atoms with E-state index in [9.17, 15) is 13.2 Å². The zero-order valence-electron chi connectivity index (χ0n) is 8.71. The van der Waals surface area contributed by atoms with Crippen LogP contribution < -0.4 is 0 Å². The second-order valence-electron chi connectivity index (χ2n) is 4.13. The number of fused-ring (bicyclic) bond motifs is 1. The Balaban J connectivity index is 2.01. The molecule has 2 amide bonds. The molecule has 2 fully saturated rings. The van der Waals surface area contributed by atoms with Gasteiger partial charge < -0.3 is 9.80 Å². The van der Waals surface area contributed by atoms with Crippen LogP contribution in [-0.2, 0) is 14.3 Å². The van der Waals surface area contributed by atoms with Crippen molar-refractivity contribution in [1.29, 1.82) is 0 Å². The van der Waals surface area contributed by atoms with Crippen LogP contribution in [0.1, 0.15) is 6.42 Å². The molecule has 0 aliphatic carbocycles. The molecule has 0 N–H and O–H groups in total. The largest absolute Gasteiger partial charge is 0.326 e. The Morgan fingerprint density at radius 3 is 2.60 bits per heavy atom. The molecule has 0 aromatic carbocycles. The van der Waals surface area contributed by atoms with E-state index in [0.717, 1.165) is 6.26 Å². The summed E-state index contributed by atoms with van der Waals surface area (Å²) in [7, 11) is -1.68. The number of amides is 2. The maximum atomic E-state index is 11.5. The Bertz CT molecular complexity index is 380. The highest BCUT2D eigenvalue weighted by atomic mass is 32.2. The molecule has 0 aromatic rings. The molecule has 0 bridgehead atoms. The van der Waals surface area contributed by atoms with Crippen molar-refractivity contribution in [3.8, 4) is 0 Å². The van der Waals surface area contributed by atoms with Crippen molar-refractivity contribution < 1.29 is 17.4 Å². The average molecular weight is 234 g/mol. The van der Waals surface area contributed by atoms with Gasteiger partial charge in [0, 0.05) is 13.6 Å². The molecule has 0 saturated carbocycles. The van der Waals surface area contributed by atoms with Crippen LogP contribution in [-0.4, -0.2) is 62.8 Å². The van der Waals surface area contributed by atoms with Crippen LogP contribution >= 0.6 is 0 Å². The summed E-state index contributed by atoms with van der Waals surface area (Å²) >= 11 is 0. The molecule has 7 heteroatoms. The first kappa shape index (κ1) is 10.7. The van der Waals surface area contributed by atoms with Crippen LogP contribution in [0.25, 0.3) is 0 Å². The van der Waals surface area contributed by atoms with E-state index in [0.29, 0.717) is 19.5 Å². The van der Waals surface area contributed by atoms with Gasteiger partial charge in [-0.3, -0.25) is 4.18 Å². The van der Waals surface area contributed by atoms with Crippen LogP contribution in [0.5, 0.6) is 0 Å². The summed E-state index contributed by atoms with van der Waals surface area (Å²) in [6.07, 6.45) is 1.26. The normalized spacial score (nSPS) is 31.2.